The second-order valence-electron chi connectivity index (χ2n) is 9.95. The van der Waals surface area contributed by atoms with E-state index in [-0.39, 0.29) is 0 Å². The molecule has 0 amide bonds. The van der Waals surface area contributed by atoms with Gasteiger partial charge in [0.2, 0.25) is 0 Å². The molecular formula is C40H30S. The predicted octanol–water partition coefficient (Wildman–Crippen LogP) is 11.7. The summed E-state index contributed by atoms with van der Waals surface area (Å²) in [4.78, 5) is 0. The third-order valence-electron chi connectivity index (χ3n) is 7.69. The van der Waals surface area contributed by atoms with Gasteiger partial charge in [-0.05, 0) is 83.1 Å². The Morgan fingerprint density at radius 3 is 1.83 bits per heavy atom. The van der Waals surface area contributed by atoms with Crippen molar-refractivity contribution in [2.45, 2.75) is 0 Å². The third-order valence-corrected chi connectivity index (χ3v) is 7.86. The van der Waals surface area contributed by atoms with Crippen LogP contribution in [0.25, 0.3) is 73.2 Å². The highest BCUT2D eigenvalue weighted by molar-refractivity contribution is 7.83. The number of allylic oxidation sites excluding steroid dienone is 2. The number of benzene rings is 6. The molecule has 1 heteroatoms. The third kappa shape index (κ3) is 4.97. The Balaban J connectivity index is 1.53. The van der Waals surface area contributed by atoms with Crippen LogP contribution in [0.2, 0.25) is 0 Å². The highest BCUT2D eigenvalue weighted by Crippen LogP contribution is 2.41. The summed E-state index contributed by atoms with van der Waals surface area (Å²) in [5.41, 5.74) is 10.4. The zero-order valence-electron chi connectivity index (χ0n) is 22.8. The van der Waals surface area contributed by atoms with Crippen molar-refractivity contribution in [3.8, 4) is 33.4 Å². The first-order valence-corrected chi connectivity index (χ1v) is 14.2. The van der Waals surface area contributed by atoms with E-state index in [0.717, 1.165) is 27.8 Å². The van der Waals surface area contributed by atoms with Crippen molar-refractivity contribution in [3.63, 3.8) is 0 Å². The molecule has 0 unspecified atom stereocenters. The van der Waals surface area contributed by atoms with Crippen LogP contribution in [0.5, 0.6) is 0 Å². The minimum Gasteiger partial charge on any atom is -0.151 e. The van der Waals surface area contributed by atoms with E-state index in [2.05, 4.69) is 147 Å². The van der Waals surface area contributed by atoms with Gasteiger partial charge in [0.05, 0.1) is 0 Å². The molecule has 0 aliphatic carbocycles. The lowest BCUT2D eigenvalue weighted by Gasteiger charge is -2.18. The highest BCUT2D eigenvalue weighted by Gasteiger charge is 2.16. The molecule has 196 valence electrons. The second kappa shape index (κ2) is 11.7. The number of fused-ring (bicyclic) bond motifs is 2. The topological polar surface area (TPSA) is 0 Å². The molecule has 0 nitrogen and oxygen atoms in total. The standard InChI is InChI=1S/C40H30S/c1-3-32-33(4-2)40(25-24-35(32)31-23-22-28-13-5-6-16-30(28)27-31)39-21-12-19-37-36(18-11-20-38(37)39)34-17-8-7-14-29(34)15-9-10-26-41/h3-27,41H,1-2H2/b15-9-,26-10+. The number of hydrogen-bond acceptors (Lipinski definition) is 1. The number of thiol groups is 1. The van der Waals surface area contributed by atoms with Gasteiger partial charge in [-0.15, -0.1) is 0 Å². The average Bonchev–Trinajstić information content (AvgIpc) is 3.03. The van der Waals surface area contributed by atoms with Crippen molar-refractivity contribution in [3.05, 3.63) is 163 Å². The maximum Gasteiger partial charge on any atom is -0.00990 e. The average molecular weight is 543 g/mol. The molecule has 41 heavy (non-hydrogen) atoms. The van der Waals surface area contributed by atoms with Crippen molar-refractivity contribution < 1.29 is 0 Å². The van der Waals surface area contributed by atoms with Crippen LogP contribution < -0.4 is 0 Å². The number of rotatable bonds is 7. The van der Waals surface area contributed by atoms with E-state index in [4.69, 9.17) is 0 Å². The Morgan fingerprint density at radius 2 is 1.10 bits per heavy atom. The Kier molecular flexibility index (Phi) is 7.54. The molecule has 6 aromatic carbocycles. The summed E-state index contributed by atoms with van der Waals surface area (Å²) < 4.78 is 0. The SMILES string of the molecule is C=Cc1c(-c2ccc3ccccc3c2)ccc(-c2cccc3c(-c4ccccc4/C=C\C=C\S)cccc23)c1C=C. The quantitative estimate of drug-likeness (QED) is 0.150. The van der Waals surface area contributed by atoms with E-state index in [1.54, 1.807) is 5.41 Å². The first kappa shape index (κ1) is 26.4. The summed E-state index contributed by atoms with van der Waals surface area (Å²) in [5, 5.41) is 6.62. The lowest BCUT2D eigenvalue weighted by Crippen LogP contribution is -1.94. The summed E-state index contributed by atoms with van der Waals surface area (Å²) in [6.45, 7) is 8.45. The molecule has 0 aromatic heterocycles. The molecule has 0 saturated heterocycles. The zero-order valence-corrected chi connectivity index (χ0v) is 23.7. The Hall–Kier alpha value is -4.85. The second-order valence-corrected chi connectivity index (χ2v) is 10.3. The van der Waals surface area contributed by atoms with Crippen LogP contribution in [-0.4, -0.2) is 0 Å². The van der Waals surface area contributed by atoms with Gasteiger partial charge in [0.15, 0.2) is 0 Å². The highest BCUT2D eigenvalue weighted by atomic mass is 32.1. The molecule has 0 N–H and O–H groups in total. The first-order valence-electron chi connectivity index (χ1n) is 13.7. The summed E-state index contributed by atoms with van der Waals surface area (Å²) in [7, 11) is 0. The van der Waals surface area contributed by atoms with Crippen LogP contribution >= 0.6 is 12.6 Å². The van der Waals surface area contributed by atoms with Gasteiger partial charge in [-0.3, -0.25) is 0 Å². The van der Waals surface area contributed by atoms with Crippen molar-refractivity contribution in [1.29, 1.82) is 0 Å². The van der Waals surface area contributed by atoms with Gasteiger partial charge in [-0.1, -0.05) is 153 Å². The molecule has 0 aliphatic heterocycles. The maximum absolute atomic E-state index is 4.24. The van der Waals surface area contributed by atoms with Crippen molar-refractivity contribution in [1.82, 2.24) is 0 Å². The fourth-order valence-corrected chi connectivity index (χ4v) is 5.90. The van der Waals surface area contributed by atoms with Crippen molar-refractivity contribution >= 4 is 52.4 Å². The van der Waals surface area contributed by atoms with Gasteiger partial charge in [0.1, 0.15) is 0 Å². The molecule has 6 aromatic rings. The lowest BCUT2D eigenvalue weighted by molar-refractivity contribution is 1.56. The molecule has 6 rings (SSSR count). The Bertz CT molecular complexity index is 1990. The predicted molar refractivity (Wildman–Crippen MR) is 185 cm³/mol. The van der Waals surface area contributed by atoms with Crippen molar-refractivity contribution in [2.75, 3.05) is 0 Å². The van der Waals surface area contributed by atoms with Crippen LogP contribution in [0.1, 0.15) is 16.7 Å². The van der Waals surface area contributed by atoms with Crippen LogP contribution in [0.4, 0.5) is 0 Å². The van der Waals surface area contributed by atoms with E-state index in [0.29, 0.717) is 0 Å². The molecule has 0 radical (unpaired) electrons. The van der Waals surface area contributed by atoms with Crippen molar-refractivity contribution in [2.24, 2.45) is 0 Å². The normalized spacial score (nSPS) is 11.5. The maximum atomic E-state index is 4.24. The van der Waals surface area contributed by atoms with Gasteiger partial charge < -0.3 is 0 Å². The van der Waals surface area contributed by atoms with Crippen LogP contribution in [0.3, 0.4) is 0 Å². The van der Waals surface area contributed by atoms with Gasteiger partial charge >= 0.3 is 0 Å². The molecule has 0 fully saturated rings. The fraction of sp³-hybridized carbons (Fsp3) is 0. The van der Waals surface area contributed by atoms with Crippen LogP contribution in [0.15, 0.2) is 146 Å². The lowest BCUT2D eigenvalue weighted by atomic mass is 9.86. The minimum atomic E-state index is 1.09. The Labute approximate surface area is 247 Å². The Morgan fingerprint density at radius 1 is 0.488 bits per heavy atom. The minimum absolute atomic E-state index is 1.09. The summed E-state index contributed by atoms with van der Waals surface area (Å²) >= 11 is 4.18. The molecule has 0 bridgehead atoms. The van der Waals surface area contributed by atoms with E-state index >= 15 is 0 Å². The summed E-state index contributed by atoms with van der Waals surface area (Å²) in [6.07, 6.45) is 10.0. The summed E-state index contributed by atoms with van der Waals surface area (Å²) in [6, 6.07) is 41.2. The summed E-state index contributed by atoms with van der Waals surface area (Å²) in [5.74, 6) is 0. The van der Waals surface area contributed by atoms with Crippen LogP contribution in [0, 0.1) is 0 Å². The van der Waals surface area contributed by atoms with Gasteiger partial charge in [-0.2, -0.15) is 12.6 Å². The van der Waals surface area contributed by atoms with Gasteiger partial charge in [0, 0.05) is 0 Å². The zero-order chi connectivity index (χ0) is 28.2. The molecule has 0 atom stereocenters. The van der Waals surface area contributed by atoms with Crippen LogP contribution in [-0.2, 0) is 0 Å². The van der Waals surface area contributed by atoms with E-state index < -0.39 is 0 Å². The fourth-order valence-electron chi connectivity index (χ4n) is 5.80. The van der Waals surface area contributed by atoms with E-state index in [1.807, 2.05) is 24.3 Å². The van der Waals surface area contributed by atoms with E-state index in [1.165, 1.54) is 43.8 Å². The smallest absolute Gasteiger partial charge is 0.00990 e. The molecule has 0 aliphatic rings. The molecule has 0 spiro atoms. The largest absolute Gasteiger partial charge is 0.151 e. The molecular weight excluding hydrogens is 513 g/mol. The first-order chi connectivity index (χ1) is 20.2. The molecule has 0 saturated carbocycles. The molecule has 0 heterocycles. The number of hydrogen-bond donors (Lipinski definition) is 1. The monoisotopic (exact) mass is 542 g/mol. The van der Waals surface area contributed by atoms with Gasteiger partial charge in [0.25, 0.3) is 0 Å². The van der Waals surface area contributed by atoms with E-state index in [9.17, 15) is 0 Å². The van der Waals surface area contributed by atoms with Gasteiger partial charge in [-0.25, -0.2) is 0 Å².